The molecule has 0 atom stereocenters. The second kappa shape index (κ2) is 10.1. The SMILES string of the molecule is O=C(N/N=C\c1c(OCc2ccc(I)cc2)ccc2ccccc12)c1ccccc1Br. The molecule has 4 aromatic rings. The van der Waals surface area contributed by atoms with Gasteiger partial charge in [0.05, 0.1) is 11.8 Å². The maximum absolute atomic E-state index is 12.5. The summed E-state index contributed by atoms with van der Waals surface area (Å²) in [7, 11) is 0. The van der Waals surface area contributed by atoms with Gasteiger partial charge in [0.15, 0.2) is 0 Å². The Morgan fingerprint density at radius 1 is 0.968 bits per heavy atom. The van der Waals surface area contributed by atoms with E-state index in [2.05, 4.69) is 73.3 Å². The van der Waals surface area contributed by atoms with Gasteiger partial charge in [-0.05, 0) is 85.2 Å². The van der Waals surface area contributed by atoms with E-state index >= 15 is 0 Å². The average Bonchev–Trinajstić information content (AvgIpc) is 2.79. The molecule has 0 radical (unpaired) electrons. The number of ether oxygens (including phenoxy) is 1. The van der Waals surface area contributed by atoms with Crippen LogP contribution in [0.1, 0.15) is 21.5 Å². The average molecular weight is 585 g/mol. The minimum Gasteiger partial charge on any atom is -0.488 e. The predicted octanol–water partition coefficient (Wildman–Crippen LogP) is 6.55. The van der Waals surface area contributed by atoms with Gasteiger partial charge in [0.1, 0.15) is 12.4 Å². The van der Waals surface area contributed by atoms with E-state index in [-0.39, 0.29) is 5.91 Å². The maximum atomic E-state index is 12.5. The predicted molar refractivity (Wildman–Crippen MR) is 137 cm³/mol. The number of hydrogen-bond acceptors (Lipinski definition) is 3. The van der Waals surface area contributed by atoms with Gasteiger partial charge in [-0.15, -0.1) is 0 Å². The number of benzene rings is 4. The second-order valence-corrected chi connectivity index (χ2v) is 8.89. The number of carbonyl (C=O) groups is 1. The van der Waals surface area contributed by atoms with E-state index in [0.717, 1.165) is 26.4 Å². The van der Waals surface area contributed by atoms with Crippen molar-refractivity contribution in [2.24, 2.45) is 5.10 Å². The second-order valence-electron chi connectivity index (χ2n) is 6.79. The molecule has 4 nitrogen and oxygen atoms in total. The summed E-state index contributed by atoms with van der Waals surface area (Å²) in [5.74, 6) is 0.418. The number of carbonyl (C=O) groups excluding carboxylic acids is 1. The molecule has 0 unspecified atom stereocenters. The van der Waals surface area contributed by atoms with E-state index in [1.807, 2.05) is 54.6 Å². The normalized spacial score (nSPS) is 11.0. The van der Waals surface area contributed by atoms with Crippen LogP contribution in [0.3, 0.4) is 0 Å². The molecule has 0 aliphatic rings. The summed E-state index contributed by atoms with van der Waals surface area (Å²) in [5.41, 5.74) is 5.02. The standard InChI is InChI=1S/C25H18BrIN2O2/c26-23-8-4-3-7-21(23)25(30)29-28-15-22-20-6-2-1-5-18(20)11-14-24(22)31-16-17-9-12-19(27)13-10-17/h1-15H,16H2,(H,29,30)/b28-15-. The van der Waals surface area contributed by atoms with Crippen LogP contribution in [0.2, 0.25) is 0 Å². The largest absolute Gasteiger partial charge is 0.488 e. The number of halogens is 2. The third-order valence-corrected chi connectivity index (χ3v) is 6.13. The lowest BCUT2D eigenvalue weighted by molar-refractivity contribution is 0.0954. The molecule has 4 aromatic carbocycles. The molecule has 1 N–H and O–H groups in total. The molecule has 0 bridgehead atoms. The van der Waals surface area contributed by atoms with Crippen LogP contribution in [0, 0.1) is 3.57 Å². The molecule has 6 heteroatoms. The van der Waals surface area contributed by atoms with Crippen molar-refractivity contribution in [1.82, 2.24) is 5.43 Å². The van der Waals surface area contributed by atoms with Crippen LogP contribution >= 0.6 is 38.5 Å². The van der Waals surface area contributed by atoms with Crippen LogP contribution in [0.5, 0.6) is 5.75 Å². The van der Waals surface area contributed by atoms with E-state index < -0.39 is 0 Å². The van der Waals surface area contributed by atoms with Crippen molar-refractivity contribution < 1.29 is 9.53 Å². The Balaban J connectivity index is 1.59. The van der Waals surface area contributed by atoms with Gasteiger partial charge in [0, 0.05) is 13.6 Å². The first-order chi connectivity index (χ1) is 15.1. The van der Waals surface area contributed by atoms with Gasteiger partial charge in [-0.2, -0.15) is 5.10 Å². The van der Waals surface area contributed by atoms with E-state index in [9.17, 15) is 4.79 Å². The first-order valence-corrected chi connectivity index (χ1v) is 11.5. The smallest absolute Gasteiger partial charge is 0.272 e. The van der Waals surface area contributed by atoms with Gasteiger partial charge in [0.2, 0.25) is 0 Å². The van der Waals surface area contributed by atoms with Crippen LogP contribution in [0.4, 0.5) is 0 Å². The molecule has 0 aliphatic carbocycles. The fourth-order valence-corrected chi connectivity index (χ4v) is 3.96. The van der Waals surface area contributed by atoms with Crippen molar-refractivity contribution >= 4 is 61.4 Å². The van der Waals surface area contributed by atoms with Crippen LogP contribution in [-0.4, -0.2) is 12.1 Å². The van der Waals surface area contributed by atoms with Gasteiger partial charge in [-0.25, -0.2) is 5.43 Å². The number of nitrogens with one attached hydrogen (secondary N) is 1. The van der Waals surface area contributed by atoms with Crippen molar-refractivity contribution in [2.45, 2.75) is 6.61 Å². The zero-order valence-electron chi connectivity index (χ0n) is 16.4. The Kier molecular flexibility index (Phi) is 6.99. The Labute approximate surface area is 202 Å². The molecule has 0 heterocycles. The maximum Gasteiger partial charge on any atom is 0.272 e. The third-order valence-electron chi connectivity index (χ3n) is 4.72. The lowest BCUT2D eigenvalue weighted by Crippen LogP contribution is -2.18. The van der Waals surface area contributed by atoms with E-state index in [1.165, 1.54) is 3.57 Å². The molecule has 4 rings (SSSR count). The van der Waals surface area contributed by atoms with Gasteiger partial charge in [-0.1, -0.05) is 54.6 Å². The third kappa shape index (κ3) is 5.32. The summed E-state index contributed by atoms with van der Waals surface area (Å²) in [5, 5.41) is 6.28. The molecule has 1 amide bonds. The molecule has 0 saturated carbocycles. The summed E-state index contributed by atoms with van der Waals surface area (Å²) in [6.07, 6.45) is 1.64. The Morgan fingerprint density at radius 3 is 2.52 bits per heavy atom. The topological polar surface area (TPSA) is 50.7 Å². The lowest BCUT2D eigenvalue weighted by atomic mass is 10.0. The molecule has 0 aliphatic heterocycles. The van der Waals surface area contributed by atoms with Crippen molar-refractivity contribution in [1.29, 1.82) is 0 Å². The zero-order valence-corrected chi connectivity index (χ0v) is 20.1. The molecule has 0 saturated heterocycles. The lowest BCUT2D eigenvalue weighted by Gasteiger charge is -2.12. The van der Waals surface area contributed by atoms with Gasteiger partial charge < -0.3 is 4.74 Å². The number of nitrogens with zero attached hydrogens (tertiary/aromatic N) is 1. The number of fused-ring (bicyclic) bond motifs is 1. The van der Waals surface area contributed by atoms with Crippen molar-refractivity contribution in [3.05, 3.63) is 110 Å². The summed E-state index contributed by atoms with van der Waals surface area (Å²) in [4.78, 5) is 12.5. The highest BCUT2D eigenvalue weighted by atomic mass is 127. The highest BCUT2D eigenvalue weighted by Gasteiger charge is 2.10. The number of hydrogen-bond donors (Lipinski definition) is 1. The summed E-state index contributed by atoms with van der Waals surface area (Å²) < 4.78 is 8.02. The number of hydrazone groups is 1. The van der Waals surface area contributed by atoms with Crippen molar-refractivity contribution in [2.75, 3.05) is 0 Å². The molecule has 154 valence electrons. The molecule has 0 spiro atoms. The minimum absolute atomic E-state index is 0.287. The van der Waals surface area contributed by atoms with Crippen LogP contribution in [0.15, 0.2) is 94.5 Å². The Hall–Kier alpha value is -2.71. The summed E-state index contributed by atoms with van der Waals surface area (Å²) in [6.45, 7) is 0.444. The number of rotatable bonds is 6. The summed E-state index contributed by atoms with van der Waals surface area (Å²) in [6, 6.07) is 27.4. The molecule has 31 heavy (non-hydrogen) atoms. The van der Waals surface area contributed by atoms with E-state index in [1.54, 1.807) is 12.3 Å². The van der Waals surface area contributed by atoms with Crippen LogP contribution in [-0.2, 0) is 6.61 Å². The fraction of sp³-hybridized carbons (Fsp3) is 0.0400. The molecular formula is C25H18BrIN2O2. The highest BCUT2D eigenvalue weighted by molar-refractivity contribution is 14.1. The van der Waals surface area contributed by atoms with Gasteiger partial charge in [-0.3, -0.25) is 4.79 Å². The van der Waals surface area contributed by atoms with Gasteiger partial charge in [0.25, 0.3) is 5.91 Å². The van der Waals surface area contributed by atoms with E-state index in [0.29, 0.717) is 17.9 Å². The zero-order chi connectivity index (χ0) is 21.6. The Morgan fingerprint density at radius 2 is 1.71 bits per heavy atom. The summed E-state index contributed by atoms with van der Waals surface area (Å²) >= 11 is 5.67. The quantitative estimate of drug-likeness (QED) is 0.159. The van der Waals surface area contributed by atoms with E-state index in [4.69, 9.17) is 4.74 Å². The van der Waals surface area contributed by atoms with Gasteiger partial charge >= 0.3 is 0 Å². The van der Waals surface area contributed by atoms with Crippen LogP contribution in [0.25, 0.3) is 10.8 Å². The monoisotopic (exact) mass is 584 g/mol. The minimum atomic E-state index is -0.287. The Bertz CT molecular complexity index is 1260. The van der Waals surface area contributed by atoms with Crippen molar-refractivity contribution in [3.8, 4) is 5.75 Å². The number of amides is 1. The molecule has 0 aromatic heterocycles. The molecular weight excluding hydrogens is 567 g/mol. The first-order valence-electron chi connectivity index (χ1n) is 9.59. The first kappa shape index (κ1) is 21.5. The fourth-order valence-electron chi connectivity index (χ4n) is 3.14. The highest BCUT2D eigenvalue weighted by Crippen LogP contribution is 2.27. The van der Waals surface area contributed by atoms with Crippen LogP contribution < -0.4 is 10.2 Å². The molecule has 0 fully saturated rings. The van der Waals surface area contributed by atoms with Crippen molar-refractivity contribution in [3.63, 3.8) is 0 Å².